The Morgan fingerprint density at radius 3 is 3.16 bits per heavy atom. The fourth-order valence-electron chi connectivity index (χ4n) is 1.92. The van der Waals surface area contributed by atoms with E-state index in [1.54, 1.807) is 19.2 Å². The number of carbonyl (C=O) groups excluding carboxylic acids is 1. The first kappa shape index (κ1) is 14.1. The average Bonchev–Trinajstić information content (AvgIpc) is 2.46. The number of hydrogen-bond acceptors (Lipinski definition) is 4. The molecule has 0 spiro atoms. The van der Waals surface area contributed by atoms with Crippen LogP contribution >= 0.6 is 11.6 Å². The summed E-state index contributed by atoms with van der Waals surface area (Å²) in [6.07, 6.45) is -0.442. The Bertz CT molecular complexity index is 448. The van der Waals surface area contributed by atoms with Crippen LogP contribution in [0.25, 0.3) is 0 Å². The van der Waals surface area contributed by atoms with Crippen molar-refractivity contribution in [1.29, 1.82) is 0 Å². The zero-order valence-electron chi connectivity index (χ0n) is 10.7. The predicted molar refractivity (Wildman–Crippen MR) is 72.5 cm³/mol. The van der Waals surface area contributed by atoms with Gasteiger partial charge >= 0.3 is 0 Å². The molecule has 1 heterocycles. The minimum Gasteiger partial charge on any atom is -0.496 e. The number of hydrogen-bond donors (Lipinski definition) is 2. The van der Waals surface area contributed by atoms with Crippen molar-refractivity contribution in [3.8, 4) is 5.75 Å². The third-order valence-electron chi connectivity index (χ3n) is 2.96. The molecule has 5 nitrogen and oxygen atoms in total. The number of ether oxygens (including phenoxy) is 2. The molecule has 19 heavy (non-hydrogen) atoms. The molecule has 0 saturated carbocycles. The Morgan fingerprint density at radius 1 is 1.63 bits per heavy atom. The van der Waals surface area contributed by atoms with E-state index in [2.05, 4.69) is 10.6 Å². The summed E-state index contributed by atoms with van der Waals surface area (Å²) in [6.45, 7) is 2.18. The highest BCUT2D eigenvalue weighted by molar-refractivity contribution is 6.31. The lowest BCUT2D eigenvalue weighted by Crippen LogP contribution is -2.47. The first-order chi connectivity index (χ1) is 9.22. The molecule has 6 heteroatoms. The van der Waals surface area contributed by atoms with Crippen LogP contribution in [0.2, 0.25) is 5.02 Å². The van der Waals surface area contributed by atoms with Gasteiger partial charge in [-0.05, 0) is 12.1 Å². The van der Waals surface area contributed by atoms with E-state index in [0.717, 1.165) is 12.1 Å². The lowest BCUT2D eigenvalue weighted by atomic mass is 10.2. The fourth-order valence-corrected chi connectivity index (χ4v) is 2.16. The second-order valence-electron chi connectivity index (χ2n) is 4.20. The first-order valence-corrected chi connectivity index (χ1v) is 6.51. The van der Waals surface area contributed by atoms with E-state index in [-0.39, 0.29) is 5.91 Å². The number of carbonyl (C=O) groups is 1. The van der Waals surface area contributed by atoms with Gasteiger partial charge in [0.05, 0.1) is 13.7 Å². The summed E-state index contributed by atoms with van der Waals surface area (Å²) in [7, 11) is 1.57. The zero-order chi connectivity index (χ0) is 13.7. The smallest absolute Gasteiger partial charge is 0.250 e. The van der Waals surface area contributed by atoms with Gasteiger partial charge in [0, 0.05) is 30.2 Å². The topological polar surface area (TPSA) is 59.6 Å². The first-order valence-electron chi connectivity index (χ1n) is 6.14. The van der Waals surface area contributed by atoms with Crippen molar-refractivity contribution in [2.45, 2.75) is 12.6 Å². The third kappa shape index (κ3) is 3.59. The van der Waals surface area contributed by atoms with Crippen LogP contribution in [0.5, 0.6) is 5.75 Å². The van der Waals surface area contributed by atoms with E-state index in [0.29, 0.717) is 30.5 Å². The van der Waals surface area contributed by atoms with Crippen LogP contribution in [0.1, 0.15) is 5.56 Å². The normalized spacial score (nSPS) is 18.9. The molecule has 1 fully saturated rings. The van der Waals surface area contributed by atoms with Gasteiger partial charge in [-0.2, -0.15) is 0 Å². The van der Waals surface area contributed by atoms with Crippen LogP contribution in [-0.4, -0.2) is 38.8 Å². The van der Waals surface area contributed by atoms with Gasteiger partial charge in [-0.1, -0.05) is 17.7 Å². The van der Waals surface area contributed by atoms with Crippen LogP contribution in [0.4, 0.5) is 0 Å². The van der Waals surface area contributed by atoms with Crippen LogP contribution in [0, 0.1) is 0 Å². The van der Waals surface area contributed by atoms with Crippen molar-refractivity contribution in [1.82, 2.24) is 10.6 Å². The Balaban J connectivity index is 1.96. The van der Waals surface area contributed by atoms with E-state index in [1.165, 1.54) is 0 Å². The molecular formula is C13H17ClN2O3. The van der Waals surface area contributed by atoms with Gasteiger partial charge in [0.25, 0.3) is 5.91 Å². The highest BCUT2D eigenvalue weighted by Crippen LogP contribution is 2.25. The van der Waals surface area contributed by atoms with Crippen molar-refractivity contribution in [3.63, 3.8) is 0 Å². The van der Waals surface area contributed by atoms with E-state index >= 15 is 0 Å². The highest BCUT2D eigenvalue weighted by Gasteiger charge is 2.21. The van der Waals surface area contributed by atoms with Gasteiger partial charge in [0.2, 0.25) is 0 Å². The largest absolute Gasteiger partial charge is 0.496 e. The molecule has 104 valence electrons. The summed E-state index contributed by atoms with van der Waals surface area (Å²) in [5.74, 6) is 0.518. The van der Waals surface area contributed by atoms with E-state index in [1.807, 2.05) is 6.07 Å². The van der Waals surface area contributed by atoms with E-state index in [4.69, 9.17) is 21.1 Å². The predicted octanol–water partition coefficient (Wildman–Crippen LogP) is 0.953. The quantitative estimate of drug-likeness (QED) is 0.864. The van der Waals surface area contributed by atoms with Crippen molar-refractivity contribution in [2.24, 2.45) is 0 Å². The third-order valence-corrected chi connectivity index (χ3v) is 3.31. The second kappa shape index (κ2) is 6.75. The summed E-state index contributed by atoms with van der Waals surface area (Å²) >= 11 is 6.10. The summed E-state index contributed by atoms with van der Waals surface area (Å²) < 4.78 is 10.6. The molecule has 1 aromatic rings. The minimum absolute atomic E-state index is 0.144. The maximum absolute atomic E-state index is 11.9. The summed E-state index contributed by atoms with van der Waals surface area (Å²) in [6, 6.07) is 5.39. The molecule has 1 aliphatic rings. The molecule has 1 saturated heterocycles. The average molecular weight is 285 g/mol. The van der Waals surface area contributed by atoms with Gasteiger partial charge in [0.15, 0.2) is 0 Å². The van der Waals surface area contributed by atoms with Gasteiger partial charge < -0.3 is 20.1 Å². The maximum atomic E-state index is 11.9. The number of nitrogens with one attached hydrogen (secondary N) is 2. The lowest BCUT2D eigenvalue weighted by molar-refractivity contribution is -0.134. The molecular weight excluding hydrogens is 268 g/mol. The van der Waals surface area contributed by atoms with Crippen LogP contribution in [0.15, 0.2) is 18.2 Å². The molecule has 1 unspecified atom stereocenters. The Hall–Kier alpha value is -1.30. The molecule has 2 rings (SSSR count). The van der Waals surface area contributed by atoms with E-state index < -0.39 is 6.10 Å². The minimum atomic E-state index is -0.442. The van der Waals surface area contributed by atoms with Crippen LogP contribution in [-0.2, 0) is 16.1 Å². The monoisotopic (exact) mass is 284 g/mol. The molecule has 1 aromatic carbocycles. The van der Waals surface area contributed by atoms with Crippen molar-refractivity contribution < 1.29 is 14.3 Å². The molecule has 0 bridgehead atoms. The summed E-state index contributed by atoms with van der Waals surface area (Å²) in [5.41, 5.74) is 0.767. The standard InChI is InChI=1S/C13H17ClN2O3/c1-18-11-4-2-3-10(14)9(11)7-16-13(17)12-8-15-5-6-19-12/h2-4,12,15H,5-8H2,1H3,(H,16,17). The zero-order valence-corrected chi connectivity index (χ0v) is 11.5. The van der Waals surface area contributed by atoms with Crippen molar-refractivity contribution in [2.75, 3.05) is 26.8 Å². The number of morpholine rings is 1. The number of rotatable bonds is 4. The molecule has 1 atom stereocenters. The fraction of sp³-hybridized carbons (Fsp3) is 0.462. The van der Waals surface area contributed by atoms with Gasteiger partial charge in [0.1, 0.15) is 11.9 Å². The Kier molecular flexibility index (Phi) is 5.01. The van der Waals surface area contributed by atoms with Gasteiger partial charge in [-0.3, -0.25) is 4.79 Å². The van der Waals surface area contributed by atoms with Crippen LogP contribution in [0.3, 0.4) is 0 Å². The van der Waals surface area contributed by atoms with Crippen molar-refractivity contribution >= 4 is 17.5 Å². The van der Waals surface area contributed by atoms with Gasteiger partial charge in [-0.15, -0.1) is 0 Å². The highest BCUT2D eigenvalue weighted by atomic mass is 35.5. The molecule has 0 aliphatic carbocycles. The molecule has 1 amide bonds. The Morgan fingerprint density at radius 2 is 2.47 bits per heavy atom. The lowest BCUT2D eigenvalue weighted by Gasteiger charge is -2.23. The SMILES string of the molecule is COc1cccc(Cl)c1CNC(=O)C1CNCCO1. The summed E-state index contributed by atoms with van der Waals surface area (Å²) in [4.78, 5) is 11.9. The van der Waals surface area contributed by atoms with Gasteiger partial charge in [-0.25, -0.2) is 0 Å². The molecule has 2 N–H and O–H groups in total. The summed E-state index contributed by atoms with van der Waals surface area (Å²) in [5, 5.41) is 6.50. The number of halogens is 1. The number of amides is 1. The van der Waals surface area contributed by atoms with E-state index in [9.17, 15) is 4.79 Å². The number of methoxy groups -OCH3 is 1. The molecule has 0 aromatic heterocycles. The second-order valence-corrected chi connectivity index (χ2v) is 4.61. The number of benzene rings is 1. The maximum Gasteiger partial charge on any atom is 0.250 e. The van der Waals surface area contributed by atoms with Crippen molar-refractivity contribution in [3.05, 3.63) is 28.8 Å². The molecule has 1 aliphatic heterocycles. The Labute approximate surface area is 117 Å². The van der Waals surface area contributed by atoms with Crippen LogP contribution < -0.4 is 15.4 Å². The molecule has 0 radical (unpaired) electrons.